The summed E-state index contributed by atoms with van der Waals surface area (Å²) in [6.07, 6.45) is 0. The van der Waals surface area contributed by atoms with E-state index in [1.54, 1.807) is 9.80 Å². The lowest BCUT2D eigenvalue weighted by Gasteiger charge is -2.35. The van der Waals surface area contributed by atoms with Gasteiger partial charge in [-0.05, 0) is 11.8 Å². The van der Waals surface area contributed by atoms with Gasteiger partial charge in [0.1, 0.15) is 0 Å². The van der Waals surface area contributed by atoms with E-state index in [0.717, 1.165) is 0 Å². The Labute approximate surface area is 97.6 Å². The van der Waals surface area contributed by atoms with Gasteiger partial charge < -0.3 is 9.80 Å². The fourth-order valence-corrected chi connectivity index (χ4v) is 1.92. The van der Waals surface area contributed by atoms with E-state index < -0.39 is 0 Å². The third-order valence-electron chi connectivity index (χ3n) is 2.53. The van der Waals surface area contributed by atoms with Gasteiger partial charge in [-0.1, -0.05) is 27.7 Å². The molecule has 1 aliphatic rings. The van der Waals surface area contributed by atoms with Crippen LogP contribution in [0.1, 0.15) is 27.7 Å². The van der Waals surface area contributed by atoms with Crippen LogP contribution in [0.15, 0.2) is 0 Å². The number of rotatable bonds is 4. The zero-order valence-electron chi connectivity index (χ0n) is 10.7. The Hall–Kier alpha value is -1.06. The van der Waals surface area contributed by atoms with Crippen LogP contribution < -0.4 is 0 Å². The number of hydrogen-bond donors (Lipinski definition) is 0. The van der Waals surface area contributed by atoms with Crippen LogP contribution in [0, 0.1) is 11.8 Å². The normalized spacial score (nSPS) is 17.9. The van der Waals surface area contributed by atoms with Gasteiger partial charge in [-0.2, -0.15) is 0 Å². The molecule has 1 saturated heterocycles. The highest BCUT2D eigenvalue weighted by Gasteiger charge is 2.29. The van der Waals surface area contributed by atoms with Crippen molar-refractivity contribution in [2.75, 3.05) is 26.2 Å². The van der Waals surface area contributed by atoms with Gasteiger partial charge in [-0.15, -0.1) is 0 Å². The molecule has 1 fully saturated rings. The fraction of sp³-hybridized carbons (Fsp3) is 0.833. The molecule has 0 spiro atoms. The van der Waals surface area contributed by atoms with E-state index in [0.29, 0.717) is 24.9 Å². The van der Waals surface area contributed by atoms with Crippen molar-refractivity contribution in [3.8, 4) is 0 Å². The van der Waals surface area contributed by atoms with Gasteiger partial charge in [0, 0.05) is 13.1 Å². The molecule has 0 bridgehead atoms. The molecule has 0 N–H and O–H groups in total. The van der Waals surface area contributed by atoms with E-state index >= 15 is 0 Å². The van der Waals surface area contributed by atoms with E-state index in [2.05, 4.69) is 27.7 Å². The molecule has 1 heterocycles. The van der Waals surface area contributed by atoms with Gasteiger partial charge in [0.2, 0.25) is 11.8 Å². The quantitative estimate of drug-likeness (QED) is 0.716. The highest BCUT2D eigenvalue weighted by atomic mass is 16.2. The Morgan fingerprint density at radius 1 is 0.875 bits per heavy atom. The first-order valence-corrected chi connectivity index (χ1v) is 5.95. The molecule has 0 aromatic heterocycles. The van der Waals surface area contributed by atoms with Crippen molar-refractivity contribution in [2.45, 2.75) is 27.7 Å². The number of piperazine rings is 1. The maximum absolute atomic E-state index is 11.8. The first kappa shape index (κ1) is 13.0. The van der Waals surface area contributed by atoms with Crippen molar-refractivity contribution in [1.82, 2.24) is 9.80 Å². The molecular formula is C12H22N2O2. The Kier molecular flexibility index (Phi) is 4.33. The zero-order valence-corrected chi connectivity index (χ0v) is 10.7. The SMILES string of the molecule is CC(C)CN1CC(=O)N(CC(C)C)CC1=O. The molecule has 4 nitrogen and oxygen atoms in total. The summed E-state index contributed by atoms with van der Waals surface area (Å²) in [7, 11) is 0. The Bertz CT molecular complexity index is 246. The van der Waals surface area contributed by atoms with Crippen molar-refractivity contribution >= 4 is 11.8 Å². The largest absolute Gasteiger partial charge is 0.332 e. The topological polar surface area (TPSA) is 40.6 Å². The number of hydrogen-bond acceptors (Lipinski definition) is 2. The van der Waals surface area contributed by atoms with Crippen LogP contribution in [-0.2, 0) is 9.59 Å². The van der Waals surface area contributed by atoms with E-state index in [-0.39, 0.29) is 24.9 Å². The minimum absolute atomic E-state index is 0.0777. The summed E-state index contributed by atoms with van der Waals surface area (Å²) in [5.41, 5.74) is 0. The number of nitrogens with zero attached hydrogens (tertiary/aromatic N) is 2. The Morgan fingerprint density at radius 3 is 1.44 bits per heavy atom. The number of amides is 2. The lowest BCUT2D eigenvalue weighted by atomic mass is 10.1. The smallest absolute Gasteiger partial charge is 0.242 e. The molecule has 0 radical (unpaired) electrons. The second-order valence-electron chi connectivity index (χ2n) is 5.34. The van der Waals surface area contributed by atoms with Gasteiger partial charge >= 0.3 is 0 Å². The summed E-state index contributed by atoms with van der Waals surface area (Å²) in [4.78, 5) is 26.9. The van der Waals surface area contributed by atoms with Crippen LogP contribution in [0.2, 0.25) is 0 Å². The van der Waals surface area contributed by atoms with Crippen molar-refractivity contribution in [3.05, 3.63) is 0 Å². The van der Waals surface area contributed by atoms with Gasteiger partial charge in [0.15, 0.2) is 0 Å². The summed E-state index contributed by atoms with van der Waals surface area (Å²) in [6.45, 7) is 10.1. The first-order valence-electron chi connectivity index (χ1n) is 5.95. The Balaban J connectivity index is 2.56. The molecule has 1 rings (SSSR count). The van der Waals surface area contributed by atoms with Crippen molar-refractivity contribution in [1.29, 1.82) is 0 Å². The summed E-state index contributed by atoms with van der Waals surface area (Å²) in [5.74, 6) is 0.977. The molecule has 0 aromatic rings. The summed E-state index contributed by atoms with van der Waals surface area (Å²) in [5, 5.41) is 0. The molecule has 4 heteroatoms. The summed E-state index contributed by atoms with van der Waals surface area (Å²) in [6, 6.07) is 0. The van der Waals surface area contributed by atoms with Crippen LogP contribution in [0.4, 0.5) is 0 Å². The maximum Gasteiger partial charge on any atom is 0.242 e. The van der Waals surface area contributed by atoms with E-state index in [4.69, 9.17) is 0 Å². The van der Waals surface area contributed by atoms with Gasteiger partial charge in [-0.25, -0.2) is 0 Å². The Morgan fingerprint density at radius 2 is 1.19 bits per heavy atom. The van der Waals surface area contributed by atoms with Crippen LogP contribution in [0.5, 0.6) is 0 Å². The second kappa shape index (κ2) is 5.32. The summed E-state index contributed by atoms with van der Waals surface area (Å²) >= 11 is 0. The predicted octanol–water partition coefficient (Wildman–Crippen LogP) is 0.969. The van der Waals surface area contributed by atoms with Gasteiger partial charge in [-0.3, -0.25) is 9.59 Å². The van der Waals surface area contributed by atoms with Crippen molar-refractivity contribution in [2.24, 2.45) is 11.8 Å². The maximum atomic E-state index is 11.8. The number of carbonyl (C=O) groups is 2. The third kappa shape index (κ3) is 3.51. The van der Waals surface area contributed by atoms with E-state index in [1.807, 2.05) is 0 Å². The standard InChI is InChI=1S/C12H22N2O2/c1-9(2)5-13-7-12(16)14(6-10(3)4)8-11(13)15/h9-10H,5-8H2,1-4H3. The molecule has 0 aliphatic carbocycles. The predicted molar refractivity (Wildman–Crippen MR) is 62.8 cm³/mol. The van der Waals surface area contributed by atoms with Crippen LogP contribution in [-0.4, -0.2) is 47.8 Å². The molecule has 0 unspecified atom stereocenters. The molecule has 92 valence electrons. The fourth-order valence-electron chi connectivity index (χ4n) is 1.92. The van der Waals surface area contributed by atoms with Gasteiger partial charge in [0.25, 0.3) is 0 Å². The number of carbonyl (C=O) groups excluding carboxylic acids is 2. The molecule has 0 atom stereocenters. The highest BCUT2D eigenvalue weighted by molar-refractivity contribution is 5.92. The van der Waals surface area contributed by atoms with Crippen molar-refractivity contribution in [3.63, 3.8) is 0 Å². The summed E-state index contributed by atoms with van der Waals surface area (Å²) < 4.78 is 0. The molecule has 2 amide bonds. The van der Waals surface area contributed by atoms with Crippen LogP contribution >= 0.6 is 0 Å². The van der Waals surface area contributed by atoms with E-state index in [1.165, 1.54) is 0 Å². The molecule has 16 heavy (non-hydrogen) atoms. The average Bonchev–Trinajstić information content (AvgIpc) is 2.11. The molecule has 1 aliphatic heterocycles. The van der Waals surface area contributed by atoms with Crippen LogP contribution in [0.25, 0.3) is 0 Å². The molecule has 0 saturated carbocycles. The first-order chi connectivity index (χ1) is 7.40. The minimum Gasteiger partial charge on any atom is -0.332 e. The van der Waals surface area contributed by atoms with E-state index in [9.17, 15) is 9.59 Å². The molecule has 0 aromatic carbocycles. The monoisotopic (exact) mass is 226 g/mol. The van der Waals surface area contributed by atoms with Gasteiger partial charge in [0.05, 0.1) is 13.1 Å². The molecular weight excluding hydrogens is 204 g/mol. The lowest BCUT2D eigenvalue weighted by molar-refractivity contribution is -0.150. The minimum atomic E-state index is 0.0777. The third-order valence-corrected chi connectivity index (χ3v) is 2.53. The highest BCUT2D eigenvalue weighted by Crippen LogP contribution is 2.09. The average molecular weight is 226 g/mol. The zero-order chi connectivity index (χ0) is 12.3. The van der Waals surface area contributed by atoms with Crippen molar-refractivity contribution < 1.29 is 9.59 Å². The second-order valence-corrected chi connectivity index (χ2v) is 5.34. The van der Waals surface area contributed by atoms with Crippen LogP contribution in [0.3, 0.4) is 0 Å². The lowest BCUT2D eigenvalue weighted by Crippen LogP contribution is -2.55.